The molecular weight excluding hydrogens is 276 g/mol. The maximum atomic E-state index is 12.0. The van der Waals surface area contributed by atoms with Crippen LogP contribution in [0.15, 0.2) is 74.8 Å². The summed E-state index contributed by atoms with van der Waals surface area (Å²) < 4.78 is 4.87. The largest absolute Gasteiger partial charge is 0.500 e. The average molecular weight is 286 g/mol. The van der Waals surface area contributed by atoms with E-state index in [1.807, 2.05) is 0 Å². The minimum atomic E-state index is -1.68. The first-order chi connectivity index (χ1) is 10.1. The van der Waals surface area contributed by atoms with E-state index in [9.17, 15) is 14.7 Å². The number of furan rings is 1. The fourth-order valence-corrected chi connectivity index (χ4v) is 1.43. The number of hydrogen-bond acceptors (Lipinski definition) is 6. The first-order valence-corrected chi connectivity index (χ1v) is 5.81. The normalized spacial score (nSPS) is 12.2. The number of allylic oxidation sites excluding steroid dienone is 1. The first kappa shape index (κ1) is 14.2. The Morgan fingerprint density at radius 3 is 2.29 bits per heavy atom. The maximum Gasteiger partial charge on any atom is 0.373 e. The smallest absolute Gasteiger partial charge is 0.373 e. The zero-order valence-electron chi connectivity index (χ0n) is 10.6. The van der Waals surface area contributed by atoms with E-state index in [0.717, 1.165) is 0 Å². The van der Waals surface area contributed by atoms with Crippen LogP contribution in [0.25, 0.3) is 0 Å². The monoisotopic (exact) mass is 286 g/mol. The third kappa shape index (κ3) is 3.41. The molecule has 1 aromatic heterocycles. The highest BCUT2D eigenvalue weighted by molar-refractivity contribution is 6.10. The van der Waals surface area contributed by atoms with Crippen LogP contribution in [0.4, 0.5) is 5.69 Å². The molecule has 0 bridgehead atoms. The number of carbonyl (C=O) groups is 2. The van der Waals surface area contributed by atoms with Crippen LogP contribution in [0.3, 0.4) is 0 Å². The Balaban J connectivity index is 2.39. The molecule has 0 spiro atoms. The number of carboxylic acid groups (broad SMARTS) is 1. The standard InChI is InChI=1S/C14H10N2O5/c17-12(10-7-4-8-21-10)11(13(18)14(19)20)16-15-9-5-2-1-3-6-9/h1-8,18H,(H,19,20)/b13-11+,16-15?. The lowest BCUT2D eigenvalue weighted by Gasteiger charge is -1.99. The summed E-state index contributed by atoms with van der Waals surface area (Å²) in [6.45, 7) is 0. The number of azo groups is 1. The molecule has 0 aliphatic carbocycles. The molecule has 2 rings (SSSR count). The van der Waals surface area contributed by atoms with Crippen molar-refractivity contribution in [1.29, 1.82) is 0 Å². The van der Waals surface area contributed by atoms with E-state index >= 15 is 0 Å². The van der Waals surface area contributed by atoms with Crippen LogP contribution in [0.2, 0.25) is 0 Å². The van der Waals surface area contributed by atoms with Gasteiger partial charge in [0.15, 0.2) is 11.5 Å². The van der Waals surface area contributed by atoms with Crippen molar-refractivity contribution in [2.75, 3.05) is 0 Å². The summed E-state index contributed by atoms with van der Waals surface area (Å²) in [6.07, 6.45) is 1.25. The third-order valence-corrected chi connectivity index (χ3v) is 2.41. The van der Waals surface area contributed by atoms with Crippen molar-refractivity contribution in [2.24, 2.45) is 10.2 Å². The quantitative estimate of drug-likeness (QED) is 0.379. The molecule has 21 heavy (non-hydrogen) atoms. The van der Waals surface area contributed by atoms with Gasteiger partial charge < -0.3 is 14.6 Å². The number of hydrogen-bond donors (Lipinski definition) is 2. The highest BCUT2D eigenvalue weighted by Gasteiger charge is 2.23. The maximum absolute atomic E-state index is 12.0. The van der Waals surface area contributed by atoms with Gasteiger partial charge in [-0.2, -0.15) is 5.11 Å². The van der Waals surface area contributed by atoms with E-state index < -0.39 is 23.2 Å². The fraction of sp³-hybridized carbons (Fsp3) is 0. The van der Waals surface area contributed by atoms with Crippen molar-refractivity contribution in [1.82, 2.24) is 0 Å². The van der Waals surface area contributed by atoms with E-state index in [2.05, 4.69) is 10.2 Å². The number of Topliss-reactive ketones (excluding diaryl/α,β-unsaturated/α-hetero) is 1. The molecule has 0 saturated carbocycles. The Labute approximate surface area is 118 Å². The molecule has 2 aromatic rings. The summed E-state index contributed by atoms with van der Waals surface area (Å²) in [5.41, 5.74) is -0.304. The lowest BCUT2D eigenvalue weighted by molar-refractivity contribution is -0.135. The van der Waals surface area contributed by atoms with Gasteiger partial charge in [0.25, 0.3) is 5.78 Å². The van der Waals surface area contributed by atoms with Gasteiger partial charge in [-0.25, -0.2) is 4.79 Å². The number of aliphatic hydroxyl groups is 1. The number of rotatable bonds is 5. The van der Waals surface area contributed by atoms with E-state index in [1.165, 1.54) is 18.4 Å². The van der Waals surface area contributed by atoms with Gasteiger partial charge in [0, 0.05) is 0 Å². The van der Waals surface area contributed by atoms with Gasteiger partial charge in [-0.15, -0.1) is 5.11 Å². The molecule has 7 heteroatoms. The molecule has 1 heterocycles. The van der Waals surface area contributed by atoms with Gasteiger partial charge in [-0.1, -0.05) is 18.2 Å². The van der Waals surface area contributed by atoms with Crippen LogP contribution in [0.5, 0.6) is 0 Å². The predicted octanol–water partition coefficient (Wildman–Crippen LogP) is 3.10. The topological polar surface area (TPSA) is 112 Å². The molecular formula is C14H10N2O5. The Bertz CT molecular complexity index is 702. The highest BCUT2D eigenvalue weighted by atomic mass is 16.4. The fourth-order valence-electron chi connectivity index (χ4n) is 1.43. The number of carboxylic acids is 1. The zero-order valence-corrected chi connectivity index (χ0v) is 10.6. The Morgan fingerprint density at radius 1 is 1.00 bits per heavy atom. The van der Waals surface area contributed by atoms with Gasteiger partial charge in [0.2, 0.25) is 5.76 Å². The summed E-state index contributed by atoms with van der Waals surface area (Å²) in [6, 6.07) is 11.2. The number of benzene rings is 1. The van der Waals surface area contributed by atoms with Crippen LogP contribution in [0, 0.1) is 0 Å². The molecule has 0 atom stereocenters. The molecule has 0 fully saturated rings. The SMILES string of the molecule is O=C(O)/C(O)=C(\N=Nc1ccccc1)C(=O)c1ccco1. The van der Waals surface area contributed by atoms with E-state index in [4.69, 9.17) is 9.52 Å². The van der Waals surface area contributed by atoms with Crippen LogP contribution in [-0.4, -0.2) is 22.0 Å². The molecule has 0 amide bonds. The summed E-state index contributed by atoms with van der Waals surface area (Å²) in [7, 11) is 0. The lowest BCUT2D eigenvalue weighted by atomic mass is 10.2. The van der Waals surface area contributed by atoms with E-state index in [0.29, 0.717) is 5.69 Å². The molecule has 0 aliphatic heterocycles. The summed E-state index contributed by atoms with van der Waals surface area (Å²) in [5, 5.41) is 25.6. The number of carbonyl (C=O) groups excluding carboxylic acids is 1. The highest BCUT2D eigenvalue weighted by Crippen LogP contribution is 2.18. The molecule has 0 radical (unpaired) electrons. The third-order valence-electron chi connectivity index (χ3n) is 2.41. The number of ketones is 1. The van der Waals surface area contributed by atoms with Crippen molar-refractivity contribution in [3.05, 3.63) is 65.9 Å². The zero-order chi connectivity index (χ0) is 15.2. The molecule has 0 unspecified atom stereocenters. The minimum absolute atomic E-state index is 0.148. The average Bonchev–Trinajstić information content (AvgIpc) is 3.02. The second-order valence-corrected chi connectivity index (χ2v) is 3.84. The molecule has 0 saturated heterocycles. The van der Waals surface area contributed by atoms with Crippen molar-refractivity contribution in [2.45, 2.75) is 0 Å². The van der Waals surface area contributed by atoms with Gasteiger partial charge in [-0.05, 0) is 24.3 Å². The van der Waals surface area contributed by atoms with Gasteiger partial charge in [0.1, 0.15) is 0 Å². The van der Waals surface area contributed by atoms with Crippen LogP contribution < -0.4 is 0 Å². The van der Waals surface area contributed by atoms with E-state index in [-0.39, 0.29) is 5.76 Å². The van der Waals surface area contributed by atoms with Crippen molar-refractivity contribution >= 4 is 17.4 Å². The molecule has 2 N–H and O–H groups in total. The minimum Gasteiger partial charge on any atom is -0.500 e. The van der Waals surface area contributed by atoms with Crippen LogP contribution >= 0.6 is 0 Å². The van der Waals surface area contributed by atoms with Gasteiger partial charge in [0.05, 0.1) is 12.0 Å². The van der Waals surface area contributed by atoms with Crippen molar-refractivity contribution < 1.29 is 24.2 Å². The second kappa shape index (κ2) is 6.29. The number of aliphatic carboxylic acids is 1. The van der Waals surface area contributed by atoms with Crippen molar-refractivity contribution in [3.63, 3.8) is 0 Å². The van der Waals surface area contributed by atoms with E-state index in [1.54, 1.807) is 30.3 Å². The molecule has 7 nitrogen and oxygen atoms in total. The first-order valence-electron chi connectivity index (χ1n) is 5.81. The molecule has 1 aromatic carbocycles. The van der Waals surface area contributed by atoms with Crippen LogP contribution in [-0.2, 0) is 4.79 Å². The Morgan fingerprint density at radius 2 is 1.71 bits per heavy atom. The summed E-state index contributed by atoms with van der Waals surface area (Å²) in [4.78, 5) is 22.9. The molecule has 106 valence electrons. The van der Waals surface area contributed by atoms with Crippen molar-refractivity contribution in [3.8, 4) is 0 Å². The summed E-state index contributed by atoms with van der Waals surface area (Å²) >= 11 is 0. The Kier molecular flexibility index (Phi) is 4.25. The Hall–Kier alpha value is -3.22. The predicted molar refractivity (Wildman–Crippen MR) is 71.3 cm³/mol. The molecule has 0 aliphatic rings. The number of nitrogens with zero attached hydrogens (tertiary/aromatic N) is 2. The summed E-state index contributed by atoms with van der Waals surface area (Å²) in [5.74, 6) is -3.91. The van der Waals surface area contributed by atoms with Gasteiger partial charge in [-0.3, -0.25) is 4.79 Å². The lowest BCUT2D eigenvalue weighted by Crippen LogP contribution is -2.10. The second-order valence-electron chi connectivity index (χ2n) is 3.84. The number of aliphatic hydroxyl groups excluding tert-OH is 1. The van der Waals surface area contributed by atoms with Crippen LogP contribution in [0.1, 0.15) is 10.6 Å². The van der Waals surface area contributed by atoms with Gasteiger partial charge >= 0.3 is 5.97 Å².